The van der Waals surface area contributed by atoms with E-state index in [0.29, 0.717) is 16.3 Å². The van der Waals surface area contributed by atoms with Crippen LogP contribution in [0.4, 0.5) is 11.4 Å². The molecule has 0 saturated carbocycles. The molecule has 4 rings (SSSR count). The number of nitrogens with zero attached hydrogens (tertiary/aromatic N) is 1. The number of hydrogen-bond donors (Lipinski definition) is 1. The number of esters is 1. The number of ether oxygens (including phenoxy) is 1. The van der Waals surface area contributed by atoms with Crippen LogP contribution in [0.15, 0.2) is 96.4 Å². The van der Waals surface area contributed by atoms with Gasteiger partial charge in [-0.1, -0.05) is 66.7 Å². The zero-order valence-corrected chi connectivity index (χ0v) is 19.2. The van der Waals surface area contributed by atoms with Crippen molar-refractivity contribution in [3.05, 3.63) is 107 Å². The van der Waals surface area contributed by atoms with Crippen molar-refractivity contribution in [2.75, 3.05) is 23.9 Å². The van der Waals surface area contributed by atoms with Crippen LogP contribution >= 0.6 is 11.3 Å². The van der Waals surface area contributed by atoms with Crippen molar-refractivity contribution >= 4 is 40.5 Å². The highest BCUT2D eigenvalue weighted by Gasteiger charge is 2.21. The molecule has 0 atom stereocenters. The van der Waals surface area contributed by atoms with Crippen LogP contribution < -0.4 is 10.2 Å². The largest absolute Gasteiger partial charge is 0.452 e. The first-order chi connectivity index (χ1) is 16.5. The molecule has 0 fully saturated rings. The van der Waals surface area contributed by atoms with Crippen LogP contribution in [0.25, 0.3) is 11.1 Å². The van der Waals surface area contributed by atoms with Gasteiger partial charge in [0.25, 0.3) is 11.8 Å². The van der Waals surface area contributed by atoms with Crippen LogP contribution in [-0.4, -0.2) is 31.4 Å². The number of amides is 2. The highest BCUT2D eigenvalue weighted by Crippen LogP contribution is 2.27. The van der Waals surface area contributed by atoms with Crippen molar-refractivity contribution < 1.29 is 19.1 Å². The number of thiophene rings is 1. The van der Waals surface area contributed by atoms with Crippen LogP contribution in [-0.2, 0) is 9.53 Å². The smallest absolute Gasteiger partial charge is 0.340 e. The molecule has 3 aromatic carbocycles. The molecule has 0 unspecified atom stereocenters. The van der Waals surface area contributed by atoms with Gasteiger partial charge < -0.3 is 15.0 Å². The molecule has 7 heteroatoms. The minimum absolute atomic E-state index is 0.201. The molecule has 0 spiro atoms. The second kappa shape index (κ2) is 10.6. The molecule has 2 amide bonds. The molecule has 34 heavy (non-hydrogen) atoms. The third-order valence-electron chi connectivity index (χ3n) is 5.14. The number of para-hydroxylation sites is 2. The fourth-order valence-electron chi connectivity index (χ4n) is 3.47. The van der Waals surface area contributed by atoms with Crippen LogP contribution in [0.3, 0.4) is 0 Å². The Morgan fingerprint density at radius 2 is 1.56 bits per heavy atom. The van der Waals surface area contributed by atoms with Gasteiger partial charge in [0, 0.05) is 18.3 Å². The van der Waals surface area contributed by atoms with E-state index in [4.69, 9.17) is 4.74 Å². The van der Waals surface area contributed by atoms with Gasteiger partial charge in [0.05, 0.1) is 16.1 Å². The fraction of sp³-hybridized carbons (Fsp3) is 0.0741. The summed E-state index contributed by atoms with van der Waals surface area (Å²) in [5, 5.41) is 4.63. The van der Waals surface area contributed by atoms with Crippen molar-refractivity contribution in [1.29, 1.82) is 0 Å². The molecule has 170 valence electrons. The molecule has 6 nitrogen and oxygen atoms in total. The van der Waals surface area contributed by atoms with Gasteiger partial charge in [-0.05, 0) is 35.2 Å². The van der Waals surface area contributed by atoms with Crippen molar-refractivity contribution in [2.24, 2.45) is 0 Å². The first kappa shape index (κ1) is 22.9. The SMILES string of the molecule is CN(C(=O)c1cccs1)c1ccccc1C(=O)OCC(=O)Nc1ccccc1-c1ccccc1. The van der Waals surface area contributed by atoms with E-state index in [9.17, 15) is 14.4 Å². The second-order valence-electron chi connectivity index (χ2n) is 7.39. The van der Waals surface area contributed by atoms with Crippen LogP contribution in [0.5, 0.6) is 0 Å². The lowest BCUT2D eigenvalue weighted by atomic mass is 10.0. The van der Waals surface area contributed by atoms with Gasteiger partial charge in [0.15, 0.2) is 6.61 Å². The summed E-state index contributed by atoms with van der Waals surface area (Å²) in [4.78, 5) is 40.0. The molecule has 1 aromatic heterocycles. The number of carbonyl (C=O) groups is 3. The lowest BCUT2D eigenvalue weighted by Crippen LogP contribution is -2.28. The van der Waals surface area contributed by atoms with Gasteiger partial charge in [-0.15, -0.1) is 11.3 Å². The minimum Gasteiger partial charge on any atom is -0.452 e. The number of rotatable bonds is 7. The standard InChI is InChI=1S/C27H22N2O4S/c1-29(26(31)24-16-9-17-34-24)23-15-8-6-13-21(23)27(32)33-18-25(30)28-22-14-7-5-12-20(22)19-10-3-2-4-11-19/h2-17H,18H2,1H3,(H,28,30). The number of anilines is 2. The predicted octanol–water partition coefficient (Wildman–Crippen LogP) is 5.49. The van der Waals surface area contributed by atoms with Crippen molar-refractivity contribution in [2.45, 2.75) is 0 Å². The highest BCUT2D eigenvalue weighted by atomic mass is 32.1. The molecule has 0 aliphatic rings. The molecule has 1 N–H and O–H groups in total. The Bertz CT molecular complexity index is 1300. The normalized spacial score (nSPS) is 10.4. The summed E-state index contributed by atoms with van der Waals surface area (Å²) in [6.45, 7) is -0.459. The maximum Gasteiger partial charge on any atom is 0.340 e. The third kappa shape index (κ3) is 5.22. The predicted molar refractivity (Wildman–Crippen MR) is 134 cm³/mol. The molecule has 4 aromatic rings. The number of hydrogen-bond acceptors (Lipinski definition) is 5. The lowest BCUT2D eigenvalue weighted by Gasteiger charge is -2.19. The van der Waals surface area contributed by atoms with E-state index in [1.807, 2.05) is 53.9 Å². The van der Waals surface area contributed by atoms with Gasteiger partial charge in [0.2, 0.25) is 0 Å². The Morgan fingerprint density at radius 1 is 0.853 bits per heavy atom. The van der Waals surface area contributed by atoms with E-state index in [-0.39, 0.29) is 11.5 Å². The summed E-state index contributed by atoms with van der Waals surface area (Å²) < 4.78 is 5.28. The summed E-state index contributed by atoms with van der Waals surface area (Å²) in [5.41, 5.74) is 3.05. The maximum absolute atomic E-state index is 12.8. The average Bonchev–Trinajstić information content (AvgIpc) is 3.42. The van der Waals surface area contributed by atoms with E-state index < -0.39 is 18.5 Å². The molecule has 0 aliphatic heterocycles. The van der Waals surface area contributed by atoms with Crippen LogP contribution in [0.2, 0.25) is 0 Å². The zero-order valence-electron chi connectivity index (χ0n) is 18.4. The summed E-state index contributed by atoms with van der Waals surface area (Å²) in [6.07, 6.45) is 0. The van der Waals surface area contributed by atoms with Gasteiger partial charge in [-0.3, -0.25) is 9.59 Å². The fourth-order valence-corrected chi connectivity index (χ4v) is 4.17. The lowest BCUT2D eigenvalue weighted by molar-refractivity contribution is -0.119. The minimum atomic E-state index is -0.687. The molecular formula is C27H22N2O4S. The summed E-state index contributed by atoms with van der Waals surface area (Å²) in [7, 11) is 1.60. The number of benzene rings is 3. The number of nitrogens with one attached hydrogen (secondary N) is 1. The van der Waals surface area contributed by atoms with Crippen LogP contribution in [0.1, 0.15) is 20.0 Å². The van der Waals surface area contributed by atoms with E-state index >= 15 is 0 Å². The quantitative estimate of drug-likeness (QED) is 0.363. The second-order valence-corrected chi connectivity index (χ2v) is 8.34. The maximum atomic E-state index is 12.8. The summed E-state index contributed by atoms with van der Waals surface area (Å²) in [6, 6.07) is 27.3. The van der Waals surface area contributed by atoms with Gasteiger partial charge >= 0.3 is 5.97 Å². The van der Waals surface area contributed by atoms with Crippen molar-refractivity contribution in [3.8, 4) is 11.1 Å². The Kier molecular flexibility index (Phi) is 7.15. The molecule has 0 saturated heterocycles. The molecule has 1 heterocycles. The molecule has 0 bridgehead atoms. The first-order valence-electron chi connectivity index (χ1n) is 10.6. The zero-order chi connectivity index (χ0) is 23.9. The monoisotopic (exact) mass is 470 g/mol. The Balaban J connectivity index is 1.43. The van der Waals surface area contributed by atoms with E-state index in [1.165, 1.54) is 16.2 Å². The topological polar surface area (TPSA) is 75.7 Å². The average molecular weight is 471 g/mol. The van der Waals surface area contributed by atoms with Gasteiger partial charge in [-0.25, -0.2) is 4.79 Å². The molecular weight excluding hydrogens is 448 g/mol. The Labute approximate surface area is 201 Å². The highest BCUT2D eigenvalue weighted by molar-refractivity contribution is 7.12. The van der Waals surface area contributed by atoms with Gasteiger partial charge in [0.1, 0.15) is 0 Å². The van der Waals surface area contributed by atoms with Gasteiger partial charge in [-0.2, -0.15) is 0 Å². The molecule has 0 radical (unpaired) electrons. The Hall–Kier alpha value is -4.23. The van der Waals surface area contributed by atoms with Crippen LogP contribution in [0, 0.1) is 0 Å². The van der Waals surface area contributed by atoms with Crippen molar-refractivity contribution in [3.63, 3.8) is 0 Å². The molecule has 0 aliphatic carbocycles. The summed E-state index contributed by atoms with van der Waals surface area (Å²) >= 11 is 1.32. The third-order valence-corrected chi connectivity index (χ3v) is 6.00. The van der Waals surface area contributed by atoms with Crippen molar-refractivity contribution in [1.82, 2.24) is 0 Å². The Morgan fingerprint density at radius 3 is 2.32 bits per heavy atom. The van der Waals surface area contributed by atoms with E-state index in [1.54, 1.807) is 49.5 Å². The number of carbonyl (C=O) groups excluding carboxylic acids is 3. The first-order valence-corrected chi connectivity index (χ1v) is 11.4. The van der Waals surface area contributed by atoms with E-state index in [2.05, 4.69) is 5.32 Å². The van der Waals surface area contributed by atoms with E-state index in [0.717, 1.165) is 11.1 Å². The summed E-state index contributed by atoms with van der Waals surface area (Å²) in [5.74, 6) is -1.38.